The van der Waals surface area contributed by atoms with Gasteiger partial charge >= 0.3 is 0 Å². The Morgan fingerprint density at radius 2 is 1.88 bits per heavy atom. The molecule has 0 spiro atoms. The molecule has 26 heavy (non-hydrogen) atoms. The number of ether oxygens (including phenoxy) is 1. The normalized spacial score (nSPS) is 10.8. The molecule has 0 atom stereocenters. The fourth-order valence-corrected chi connectivity index (χ4v) is 3.49. The Kier molecular flexibility index (Phi) is 4.54. The smallest absolute Gasteiger partial charge is 0.137 e. The summed E-state index contributed by atoms with van der Waals surface area (Å²) in [6.07, 6.45) is 5.91. The fourth-order valence-electron chi connectivity index (χ4n) is 3.13. The van der Waals surface area contributed by atoms with Crippen molar-refractivity contribution in [2.75, 3.05) is 18.1 Å². The first-order chi connectivity index (χ1) is 12.8. The third-order valence-electron chi connectivity index (χ3n) is 4.34. The summed E-state index contributed by atoms with van der Waals surface area (Å²) in [5, 5.41) is 1.08. The number of fused-ring (bicyclic) bond motifs is 1. The standard InChI is InChI=1S/C21H19N3OS/c1-25-20-9-4-3-8-17(20)19-13-23-21-18(19)11-15(12-22-21)14-6-5-7-16(10-14)24-26-2/h3-13,24H,1-2H3,(H,22,23). The lowest BCUT2D eigenvalue weighted by atomic mass is 10.0. The highest BCUT2D eigenvalue weighted by Crippen LogP contribution is 2.36. The van der Waals surface area contributed by atoms with Crippen molar-refractivity contribution in [1.29, 1.82) is 0 Å². The Bertz CT molecular complexity index is 1060. The van der Waals surface area contributed by atoms with E-state index >= 15 is 0 Å². The zero-order valence-electron chi connectivity index (χ0n) is 14.6. The van der Waals surface area contributed by atoms with E-state index in [1.807, 2.05) is 36.8 Å². The van der Waals surface area contributed by atoms with Crippen LogP contribution in [0.5, 0.6) is 5.75 Å². The number of H-pyrrole nitrogens is 1. The van der Waals surface area contributed by atoms with Crippen molar-refractivity contribution in [2.45, 2.75) is 0 Å². The summed E-state index contributed by atoms with van der Waals surface area (Å²) in [5.74, 6) is 0.852. The molecule has 130 valence electrons. The molecule has 0 bridgehead atoms. The minimum atomic E-state index is 0.852. The number of para-hydroxylation sites is 1. The Hall–Kier alpha value is -2.92. The van der Waals surface area contributed by atoms with Crippen molar-refractivity contribution < 1.29 is 4.74 Å². The molecule has 0 fully saturated rings. The van der Waals surface area contributed by atoms with Crippen LogP contribution in [0.2, 0.25) is 0 Å². The SMILES string of the molecule is COc1ccccc1-c1c[nH]c2ncc(-c3cccc(NSC)c3)cc12. The fraction of sp³-hybridized carbons (Fsp3) is 0.0952. The van der Waals surface area contributed by atoms with Gasteiger partial charge in [-0.25, -0.2) is 4.98 Å². The van der Waals surface area contributed by atoms with E-state index in [0.717, 1.165) is 44.7 Å². The minimum absolute atomic E-state index is 0.852. The number of pyridine rings is 1. The van der Waals surface area contributed by atoms with E-state index in [1.54, 1.807) is 19.1 Å². The number of anilines is 1. The van der Waals surface area contributed by atoms with Crippen LogP contribution in [-0.4, -0.2) is 23.3 Å². The molecule has 0 aliphatic heterocycles. The molecule has 2 N–H and O–H groups in total. The van der Waals surface area contributed by atoms with Crippen molar-refractivity contribution in [2.24, 2.45) is 0 Å². The molecular weight excluding hydrogens is 342 g/mol. The molecule has 2 aromatic heterocycles. The average molecular weight is 361 g/mol. The van der Waals surface area contributed by atoms with Gasteiger partial charge in [-0.15, -0.1) is 0 Å². The highest BCUT2D eigenvalue weighted by atomic mass is 32.2. The van der Waals surface area contributed by atoms with Crippen molar-refractivity contribution in [3.63, 3.8) is 0 Å². The molecule has 5 heteroatoms. The molecule has 4 nitrogen and oxygen atoms in total. The average Bonchev–Trinajstić information content (AvgIpc) is 3.11. The van der Waals surface area contributed by atoms with Crippen LogP contribution >= 0.6 is 11.9 Å². The molecule has 0 aliphatic rings. The Morgan fingerprint density at radius 3 is 2.73 bits per heavy atom. The van der Waals surface area contributed by atoms with Crippen molar-refractivity contribution in [1.82, 2.24) is 9.97 Å². The van der Waals surface area contributed by atoms with Gasteiger partial charge in [0.1, 0.15) is 11.4 Å². The summed E-state index contributed by atoms with van der Waals surface area (Å²) in [6.45, 7) is 0. The van der Waals surface area contributed by atoms with Gasteiger partial charge in [0.2, 0.25) is 0 Å². The van der Waals surface area contributed by atoms with Gasteiger partial charge in [-0.05, 0) is 29.8 Å². The Balaban J connectivity index is 1.84. The molecule has 4 rings (SSSR count). The zero-order chi connectivity index (χ0) is 17.9. The van der Waals surface area contributed by atoms with Gasteiger partial charge in [-0.3, -0.25) is 0 Å². The number of methoxy groups -OCH3 is 1. The van der Waals surface area contributed by atoms with Crippen LogP contribution in [-0.2, 0) is 0 Å². The monoisotopic (exact) mass is 361 g/mol. The molecule has 2 heterocycles. The van der Waals surface area contributed by atoms with Crippen LogP contribution in [0.25, 0.3) is 33.3 Å². The first-order valence-electron chi connectivity index (χ1n) is 8.30. The van der Waals surface area contributed by atoms with E-state index in [4.69, 9.17) is 4.74 Å². The summed E-state index contributed by atoms with van der Waals surface area (Å²) < 4.78 is 8.81. The molecule has 0 unspecified atom stereocenters. The number of aromatic amines is 1. The van der Waals surface area contributed by atoms with Gasteiger partial charge in [0.15, 0.2) is 0 Å². The second kappa shape index (κ2) is 7.14. The molecular formula is C21H19N3OS. The van der Waals surface area contributed by atoms with Crippen molar-refractivity contribution in [3.05, 3.63) is 67.0 Å². The number of rotatable bonds is 5. The molecule has 0 radical (unpaired) electrons. The summed E-state index contributed by atoms with van der Waals surface area (Å²) in [4.78, 5) is 7.88. The highest BCUT2D eigenvalue weighted by molar-refractivity contribution is 7.99. The van der Waals surface area contributed by atoms with E-state index in [9.17, 15) is 0 Å². The van der Waals surface area contributed by atoms with Crippen molar-refractivity contribution in [3.8, 4) is 28.0 Å². The number of hydrogen-bond donors (Lipinski definition) is 2. The van der Waals surface area contributed by atoms with Crippen LogP contribution in [0.4, 0.5) is 5.69 Å². The van der Waals surface area contributed by atoms with Gasteiger partial charge in [0.05, 0.1) is 7.11 Å². The summed E-state index contributed by atoms with van der Waals surface area (Å²) in [5.41, 5.74) is 6.30. The highest BCUT2D eigenvalue weighted by Gasteiger charge is 2.12. The van der Waals surface area contributed by atoms with Crippen molar-refractivity contribution >= 4 is 28.7 Å². The predicted octanol–water partition coefficient (Wildman–Crippen LogP) is 5.60. The maximum absolute atomic E-state index is 5.53. The molecule has 0 aliphatic carbocycles. The molecule has 4 aromatic rings. The Labute approximate surface area is 156 Å². The third-order valence-corrected chi connectivity index (χ3v) is 4.78. The van der Waals surface area contributed by atoms with E-state index in [-0.39, 0.29) is 0 Å². The second-order valence-electron chi connectivity index (χ2n) is 5.91. The first kappa shape index (κ1) is 16.5. The quantitative estimate of drug-likeness (QED) is 0.455. The lowest BCUT2D eigenvalue weighted by molar-refractivity contribution is 0.416. The molecule has 2 aromatic carbocycles. The van der Waals surface area contributed by atoms with E-state index < -0.39 is 0 Å². The second-order valence-corrected chi connectivity index (χ2v) is 6.52. The topological polar surface area (TPSA) is 49.9 Å². The van der Waals surface area contributed by atoms with Crippen LogP contribution in [0.15, 0.2) is 67.0 Å². The number of benzene rings is 2. The van der Waals surface area contributed by atoms with Crippen LogP contribution < -0.4 is 9.46 Å². The number of hydrogen-bond acceptors (Lipinski definition) is 4. The van der Waals surface area contributed by atoms with Gasteiger partial charge in [0.25, 0.3) is 0 Å². The number of nitrogens with one attached hydrogen (secondary N) is 2. The summed E-state index contributed by atoms with van der Waals surface area (Å²) in [7, 11) is 1.70. The molecule has 0 saturated heterocycles. The third kappa shape index (κ3) is 3.02. The lowest BCUT2D eigenvalue weighted by Crippen LogP contribution is -1.88. The van der Waals surface area contributed by atoms with E-state index in [1.165, 1.54) is 0 Å². The van der Waals surface area contributed by atoms with Gasteiger partial charge in [-0.2, -0.15) is 0 Å². The van der Waals surface area contributed by atoms with Crippen LogP contribution in [0.3, 0.4) is 0 Å². The number of nitrogens with zero attached hydrogens (tertiary/aromatic N) is 1. The van der Waals surface area contributed by atoms with Gasteiger partial charge in [-0.1, -0.05) is 42.3 Å². The maximum atomic E-state index is 5.53. The van der Waals surface area contributed by atoms with E-state index in [2.05, 4.69) is 51.1 Å². The molecule has 0 saturated carbocycles. The van der Waals surface area contributed by atoms with Gasteiger partial charge < -0.3 is 14.4 Å². The van der Waals surface area contributed by atoms with Crippen LogP contribution in [0, 0.1) is 0 Å². The first-order valence-corrected chi connectivity index (χ1v) is 9.52. The number of aromatic nitrogens is 2. The van der Waals surface area contributed by atoms with E-state index in [0.29, 0.717) is 0 Å². The minimum Gasteiger partial charge on any atom is -0.496 e. The maximum Gasteiger partial charge on any atom is 0.137 e. The predicted molar refractivity (Wildman–Crippen MR) is 111 cm³/mol. The zero-order valence-corrected chi connectivity index (χ0v) is 15.4. The van der Waals surface area contributed by atoms with Gasteiger partial charge in [0, 0.05) is 46.4 Å². The Morgan fingerprint density at radius 1 is 1.00 bits per heavy atom. The lowest BCUT2D eigenvalue weighted by Gasteiger charge is -2.08. The van der Waals surface area contributed by atoms with Crippen LogP contribution in [0.1, 0.15) is 0 Å². The largest absolute Gasteiger partial charge is 0.496 e. The summed E-state index contributed by atoms with van der Waals surface area (Å²) in [6, 6.07) is 18.6. The molecule has 0 amide bonds. The summed E-state index contributed by atoms with van der Waals surface area (Å²) >= 11 is 1.58.